The monoisotopic (exact) mass is 540 g/mol. The van der Waals surface area contributed by atoms with Gasteiger partial charge < -0.3 is 0 Å². The van der Waals surface area contributed by atoms with Crippen LogP contribution < -0.4 is 10.2 Å². The van der Waals surface area contributed by atoms with Crippen molar-refractivity contribution in [1.82, 2.24) is 19.8 Å². The maximum Gasteiger partial charge on any atom is 0.293 e. The number of nitriles is 1. The van der Waals surface area contributed by atoms with Crippen molar-refractivity contribution in [3.05, 3.63) is 117 Å². The molecule has 2 aromatic heterocycles. The van der Waals surface area contributed by atoms with Crippen molar-refractivity contribution in [2.75, 3.05) is 0 Å². The van der Waals surface area contributed by atoms with Crippen LogP contribution in [0.3, 0.4) is 0 Å². The third-order valence-corrected chi connectivity index (χ3v) is 6.91. The van der Waals surface area contributed by atoms with E-state index in [4.69, 9.17) is 0 Å². The van der Waals surface area contributed by atoms with E-state index in [1.165, 1.54) is 11.3 Å². The Balaban J connectivity index is 1.58. The third-order valence-electron chi connectivity index (χ3n) is 5.19. The van der Waals surface area contributed by atoms with Crippen molar-refractivity contribution >= 4 is 33.2 Å². The van der Waals surface area contributed by atoms with Crippen molar-refractivity contribution in [3.8, 4) is 28.7 Å². The second-order valence-corrected chi connectivity index (χ2v) is 9.01. The lowest BCUT2D eigenvalue weighted by molar-refractivity contribution is 0.0947. The number of aromatic nitrogens is 3. The summed E-state index contributed by atoms with van der Waals surface area (Å²) in [6.07, 6.45) is 0. The molecule has 1 amide bonds. The Hall–Kier alpha value is -4.26. The summed E-state index contributed by atoms with van der Waals surface area (Å²) in [5, 5.41) is 20.8. The molecule has 0 atom stereocenters. The SMILES string of the molecule is N#Cc1c(C(=O)N/N=c2/scc(Br)n2-c2ccccc2)nn(-c2ccccc2)c1-c1ccccc1. The van der Waals surface area contributed by atoms with Crippen LogP contribution in [0.2, 0.25) is 0 Å². The first-order valence-electron chi connectivity index (χ1n) is 10.6. The smallest absolute Gasteiger partial charge is 0.278 e. The summed E-state index contributed by atoms with van der Waals surface area (Å²) in [5.41, 5.74) is 5.72. The van der Waals surface area contributed by atoms with Crippen LogP contribution >= 0.6 is 27.3 Å². The van der Waals surface area contributed by atoms with Crippen LogP contribution in [0.4, 0.5) is 0 Å². The first-order valence-corrected chi connectivity index (χ1v) is 12.2. The van der Waals surface area contributed by atoms with Crippen LogP contribution in [0.5, 0.6) is 0 Å². The van der Waals surface area contributed by atoms with E-state index in [0.29, 0.717) is 10.5 Å². The molecule has 0 saturated heterocycles. The number of hydrogen-bond donors (Lipinski definition) is 1. The van der Waals surface area contributed by atoms with Crippen LogP contribution in [0, 0.1) is 11.3 Å². The van der Waals surface area contributed by atoms with Crippen LogP contribution in [-0.4, -0.2) is 20.3 Å². The Morgan fingerprint density at radius 2 is 1.54 bits per heavy atom. The second-order valence-electron chi connectivity index (χ2n) is 7.36. The molecule has 0 aliphatic carbocycles. The molecule has 0 spiro atoms. The summed E-state index contributed by atoms with van der Waals surface area (Å²) in [6, 6.07) is 30.7. The summed E-state index contributed by atoms with van der Waals surface area (Å²) in [4.78, 5) is 13.8. The van der Waals surface area contributed by atoms with Gasteiger partial charge in [0.15, 0.2) is 5.69 Å². The van der Waals surface area contributed by atoms with Crippen molar-refractivity contribution in [1.29, 1.82) is 5.26 Å². The summed E-state index contributed by atoms with van der Waals surface area (Å²) in [6.45, 7) is 0. The lowest BCUT2D eigenvalue weighted by Crippen LogP contribution is -2.25. The molecule has 0 aliphatic rings. The fourth-order valence-electron chi connectivity index (χ4n) is 3.64. The van der Waals surface area contributed by atoms with Crippen molar-refractivity contribution in [2.45, 2.75) is 0 Å². The van der Waals surface area contributed by atoms with Gasteiger partial charge in [0.05, 0.1) is 11.4 Å². The number of rotatable bonds is 5. The van der Waals surface area contributed by atoms with Crippen LogP contribution in [0.25, 0.3) is 22.6 Å². The molecular formula is C26H17BrN6OS. The molecule has 0 unspecified atom stereocenters. The van der Waals surface area contributed by atoms with Crippen LogP contribution in [0.1, 0.15) is 16.1 Å². The number of hydrogen-bond acceptors (Lipinski definition) is 5. The maximum atomic E-state index is 13.2. The molecule has 0 fully saturated rings. The van der Waals surface area contributed by atoms with Gasteiger partial charge in [-0.15, -0.1) is 16.4 Å². The minimum Gasteiger partial charge on any atom is -0.278 e. The number of amides is 1. The maximum absolute atomic E-state index is 13.2. The number of carbonyl (C=O) groups excluding carboxylic acids is 1. The number of carbonyl (C=O) groups is 1. The molecule has 170 valence electrons. The number of nitrogens with zero attached hydrogens (tertiary/aromatic N) is 5. The van der Waals surface area contributed by atoms with Crippen LogP contribution in [0.15, 0.2) is 106 Å². The molecule has 0 aliphatic heterocycles. The van der Waals surface area contributed by atoms with E-state index in [9.17, 15) is 10.1 Å². The van der Waals surface area contributed by atoms with E-state index in [0.717, 1.165) is 21.5 Å². The van der Waals surface area contributed by atoms with E-state index in [1.54, 1.807) is 4.68 Å². The fourth-order valence-corrected chi connectivity index (χ4v) is 5.12. The highest BCUT2D eigenvalue weighted by Gasteiger charge is 2.25. The third kappa shape index (κ3) is 4.45. The summed E-state index contributed by atoms with van der Waals surface area (Å²) in [5.74, 6) is -0.572. The van der Waals surface area contributed by atoms with Gasteiger partial charge in [-0.2, -0.15) is 10.4 Å². The number of nitrogens with one attached hydrogen (secondary N) is 1. The first-order chi connectivity index (χ1) is 17.2. The summed E-state index contributed by atoms with van der Waals surface area (Å²) in [7, 11) is 0. The summed E-state index contributed by atoms with van der Waals surface area (Å²) < 4.78 is 4.29. The average Bonchev–Trinajstić information content (AvgIpc) is 3.49. The van der Waals surface area contributed by atoms with Gasteiger partial charge in [-0.25, -0.2) is 10.1 Å². The molecule has 7 nitrogen and oxygen atoms in total. The molecule has 2 heterocycles. The first kappa shape index (κ1) is 22.5. The van der Waals surface area contributed by atoms with E-state index in [-0.39, 0.29) is 11.3 Å². The highest BCUT2D eigenvalue weighted by Crippen LogP contribution is 2.29. The molecule has 0 saturated carbocycles. The van der Waals surface area contributed by atoms with Gasteiger partial charge in [0, 0.05) is 16.6 Å². The van der Waals surface area contributed by atoms with Crippen molar-refractivity contribution < 1.29 is 4.79 Å². The standard InChI is InChI=1S/C26H17BrN6OS/c27-22-17-35-26(32(22)19-12-6-2-7-13-19)30-29-25(34)23-21(16-28)24(18-10-4-1-5-11-18)33(31-23)20-14-8-3-9-15-20/h1-15,17H,(H,29,34)/b30-26+. The molecule has 35 heavy (non-hydrogen) atoms. The number of thiazole rings is 1. The Bertz CT molecular complexity index is 1600. The predicted octanol–water partition coefficient (Wildman–Crippen LogP) is 5.27. The Labute approximate surface area is 213 Å². The zero-order valence-electron chi connectivity index (χ0n) is 18.2. The van der Waals surface area contributed by atoms with E-state index in [2.05, 4.69) is 37.6 Å². The highest BCUT2D eigenvalue weighted by atomic mass is 79.9. The summed E-state index contributed by atoms with van der Waals surface area (Å²) >= 11 is 4.90. The minimum absolute atomic E-state index is 0.000777. The molecular weight excluding hydrogens is 524 g/mol. The molecule has 1 N–H and O–H groups in total. The normalized spacial score (nSPS) is 11.3. The number of benzene rings is 3. The van der Waals surface area contributed by atoms with E-state index >= 15 is 0 Å². The van der Waals surface area contributed by atoms with E-state index in [1.807, 2.05) is 101 Å². The second kappa shape index (κ2) is 9.93. The zero-order valence-corrected chi connectivity index (χ0v) is 20.6. The van der Waals surface area contributed by atoms with Gasteiger partial charge in [0.2, 0.25) is 4.80 Å². The fraction of sp³-hybridized carbons (Fsp3) is 0. The van der Waals surface area contributed by atoms with Gasteiger partial charge in [-0.1, -0.05) is 66.7 Å². The molecule has 0 radical (unpaired) electrons. The van der Waals surface area contributed by atoms with Crippen molar-refractivity contribution in [3.63, 3.8) is 0 Å². The Kier molecular flexibility index (Phi) is 6.39. The molecule has 3 aromatic carbocycles. The lowest BCUT2D eigenvalue weighted by Gasteiger charge is -2.07. The quantitative estimate of drug-likeness (QED) is 0.308. The largest absolute Gasteiger partial charge is 0.293 e. The predicted molar refractivity (Wildman–Crippen MR) is 138 cm³/mol. The molecule has 5 rings (SSSR count). The Morgan fingerprint density at radius 1 is 0.943 bits per heavy atom. The van der Waals surface area contributed by atoms with Crippen LogP contribution in [-0.2, 0) is 0 Å². The average molecular weight is 541 g/mol. The topological polar surface area (TPSA) is 88.0 Å². The van der Waals surface area contributed by atoms with Gasteiger partial charge in [-0.3, -0.25) is 9.36 Å². The minimum atomic E-state index is -0.572. The lowest BCUT2D eigenvalue weighted by atomic mass is 10.1. The molecule has 0 bridgehead atoms. The number of para-hydroxylation sites is 2. The van der Waals surface area contributed by atoms with Crippen molar-refractivity contribution in [2.24, 2.45) is 5.10 Å². The zero-order chi connectivity index (χ0) is 24.2. The molecule has 5 aromatic rings. The van der Waals surface area contributed by atoms with Gasteiger partial charge in [-0.05, 0) is 40.2 Å². The Morgan fingerprint density at radius 3 is 2.17 bits per heavy atom. The van der Waals surface area contributed by atoms with Gasteiger partial charge in [0.1, 0.15) is 16.2 Å². The van der Waals surface area contributed by atoms with Gasteiger partial charge >= 0.3 is 0 Å². The van der Waals surface area contributed by atoms with E-state index < -0.39 is 5.91 Å². The molecule has 9 heteroatoms. The highest BCUT2D eigenvalue weighted by molar-refractivity contribution is 9.10. The van der Waals surface area contributed by atoms with Gasteiger partial charge in [0.25, 0.3) is 5.91 Å². The number of halogens is 1.